The molecule has 1 aromatic rings. The highest BCUT2D eigenvalue weighted by molar-refractivity contribution is 5.10. The number of hydrogen-bond acceptors (Lipinski definition) is 3. The van der Waals surface area contributed by atoms with Crippen molar-refractivity contribution in [3.05, 3.63) is 29.6 Å². The van der Waals surface area contributed by atoms with Crippen molar-refractivity contribution in [3.8, 4) is 0 Å². The molecule has 0 bridgehead atoms. The van der Waals surface area contributed by atoms with Gasteiger partial charge in [-0.3, -0.25) is 9.88 Å². The molecule has 1 saturated heterocycles. The van der Waals surface area contributed by atoms with Gasteiger partial charge in [-0.15, -0.1) is 0 Å². The lowest BCUT2D eigenvalue weighted by atomic mass is 10.1. The number of nitrogens with one attached hydrogen (secondary N) is 1. The van der Waals surface area contributed by atoms with Crippen LogP contribution in [0.1, 0.15) is 38.6 Å². The van der Waals surface area contributed by atoms with Gasteiger partial charge in [-0.1, -0.05) is 6.07 Å². The summed E-state index contributed by atoms with van der Waals surface area (Å²) < 4.78 is 0. The summed E-state index contributed by atoms with van der Waals surface area (Å²) in [4.78, 5) is 7.16. The summed E-state index contributed by atoms with van der Waals surface area (Å²) in [6.07, 6.45) is 1.20. The molecule has 0 saturated carbocycles. The first-order valence-electron chi connectivity index (χ1n) is 6.88. The summed E-state index contributed by atoms with van der Waals surface area (Å²) in [5.41, 5.74) is 2.47. The Balaban J connectivity index is 2.10. The number of aryl methyl sites for hydroxylation is 1. The summed E-state index contributed by atoms with van der Waals surface area (Å²) >= 11 is 0. The van der Waals surface area contributed by atoms with Crippen LogP contribution in [-0.4, -0.2) is 34.6 Å². The fourth-order valence-corrected chi connectivity index (χ4v) is 2.63. The highest BCUT2D eigenvalue weighted by atomic mass is 15.2. The molecule has 1 fully saturated rings. The number of pyridine rings is 1. The van der Waals surface area contributed by atoms with Crippen molar-refractivity contribution in [2.75, 3.05) is 13.1 Å². The smallest absolute Gasteiger partial charge is 0.0547 e. The summed E-state index contributed by atoms with van der Waals surface area (Å²) in [7, 11) is 0. The lowest BCUT2D eigenvalue weighted by Crippen LogP contribution is -2.47. The zero-order chi connectivity index (χ0) is 13.2. The summed E-state index contributed by atoms with van der Waals surface area (Å²) in [5.74, 6) is 0. The Morgan fingerprint density at radius 2 is 2.22 bits per heavy atom. The highest BCUT2D eigenvalue weighted by Gasteiger charge is 2.27. The fourth-order valence-electron chi connectivity index (χ4n) is 2.63. The summed E-state index contributed by atoms with van der Waals surface area (Å²) in [6, 6.07) is 6.90. The molecule has 1 unspecified atom stereocenters. The molecular weight excluding hydrogens is 222 g/mol. The topological polar surface area (TPSA) is 28.2 Å². The quantitative estimate of drug-likeness (QED) is 0.869. The lowest BCUT2D eigenvalue weighted by Gasteiger charge is -2.32. The molecular formula is C15H25N3. The van der Waals surface area contributed by atoms with Gasteiger partial charge in [0.1, 0.15) is 0 Å². The number of rotatable bonds is 2. The molecule has 1 atom stereocenters. The van der Waals surface area contributed by atoms with Crippen LogP contribution >= 0.6 is 0 Å². The Morgan fingerprint density at radius 1 is 1.44 bits per heavy atom. The second-order valence-corrected chi connectivity index (χ2v) is 6.12. The van der Waals surface area contributed by atoms with Crippen LogP contribution in [0.4, 0.5) is 0 Å². The molecule has 0 spiro atoms. The van der Waals surface area contributed by atoms with Gasteiger partial charge in [0.25, 0.3) is 0 Å². The van der Waals surface area contributed by atoms with Crippen molar-refractivity contribution < 1.29 is 0 Å². The highest BCUT2D eigenvalue weighted by Crippen LogP contribution is 2.17. The minimum atomic E-state index is 0.189. The minimum absolute atomic E-state index is 0.189. The molecule has 0 aromatic carbocycles. The van der Waals surface area contributed by atoms with Crippen molar-refractivity contribution in [1.82, 2.24) is 15.2 Å². The van der Waals surface area contributed by atoms with Gasteiger partial charge in [-0.25, -0.2) is 0 Å². The van der Waals surface area contributed by atoms with Crippen LogP contribution in [-0.2, 0) is 6.54 Å². The Hall–Kier alpha value is -0.930. The van der Waals surface area contributed by atoms with Gasteiger partial charge in [-0.2, -0.15) is 0 Å². The van der Waals surface area contributed by atoms with Crippen LogP contribution in [0, 0.1) is 6.92 Å². The maximum Gasteiger partial charge on any atom is 0.0547 e. The SMILES string of the molecule is Cc1cccc(CN2CC(C)(C)NCCC2C)n1. The van der Waals surface area contributed by atoms with Crippen LogP contribution < -0.4 is 5.32 Å². The van der Waals surface area contributed by atoms with E-state index in [0.717, 1.165) is 25.3 Å². The van der Waals surface area contributed by atoms with Gasteiger partial charge in [0.2, 0.25) is 0 Å². The van der Waals surface area contributed by atoms with E-state index in [1.54, 1.807) is 0 Å². The monoisotopic (exact) mass is 247 g/mol. The van der Waals surface area contributed by atoms with E-state index in [0.29, 0.717) is 6.04 Å². The third-order valence-electron chi connectivity index (χ3n) is 3.70. The summed E-state index contributed by atoms with van der Waals surface area (Å²) in [5, 5.41) is 3.62. The first-order valence-corrected chi connectivity index (χ1v) is 6.88. The largest absolute Gasteiger partial charge is 0.310 e. The van der Waals surface area contributed by atoms with Gasteiger partial charge in [0, 0.05) is 30.4 Å². The molecule has 2 heterocycles. The van der Waals surface area contributed by atoms with Crippen LogP contribution in [0.15, 0.2) is 18.2 Å². The van der Waals surface area contributed by atoms with E-state index in [4.69, 9.17) is 0 Å². The van der Waals surface area contributed by atoms with Crippen LogP contribution in [0.5, 0.6) is 0 Å². The molecule has 1 N–H and O–H groups in total. The standard InChI is InChI=1S/C15H25N3/c1-12-6-5-7-14(17-12)10-18-11-15(3,4)16-9-8-13(18)2/h5-7,13,16H,8-11H2,1-4H3. The van der Waals surface area contributed by atoms with Gasteiger partial charge in [0.05, 0.1) is 5.69 Å². The zero-order valence-electron chi connectivity index (χ0n) is 12.0. The van der Waals surface area contributed by atoms with E-state index in [1.807, 2.05) is 0 Å². The Morgan fingerprint density at radius 3 is 2.94 bits per heavy atom. The first-order chi connectivity index (χ1) is 8.46. The van der Waals surface area contributed by atoms with Crippen molar-refractivity contribution in [1.29, 1.82) is 0 Å². The van der Waals surface area contributed by atoms with Gasteiger partial charge < -0.3 is 5.32 Å². The predicted octanol–water partition coefficient (Wildman–Crippen LogP) is 2.35. The van der Waals surface area contributed by atoms with Crippen LogP contribution in [0.25, 0.3) is 0 Å². The van der Waals surface area contributed by atoms with Crippen molar-refractivity contribution in [2.24, 2.45) is 0 Å². The fraction of sp³-hybridized carbons (Fsp3) is 0.667. The average molecular weight is 247 g/mol. The molecule has 0 radical (unpaired) electrons. The van der Waals surface area contributed by atoms with E-state index in [1.165, 1.54) is 12.1 Å². The molecule has 1 aliphatic rings. The predicted molar refractivity (Wildman–Crippen MR) is 75.5 cm³/mol. The maximum absolute atomic E-state index is 4.62. The molecule has 2 rings (SSSR count). The zero-order valence-corrected chi connectivity index (χ0v) is 12.0. The second kappa shape index (κ2) is 5.37. The first kappa shape index (κ1) is 13.5. The van der Waals surface area contributed by atoms with Gasteiger partial charge >= 0.3 is 0 Å². The Labute approximate surface area is 111 Å². The Kier molecular flexibility index (Phi) is 4.03. The minimum Gasteiger partial charge on any atom is -0.310 e. The van der Waals surface area contributed by atoms with E-state index in [2.05, 4.69) is 61.1 Å². The van der Waals surface area contributed by atoms with Crippen LogP contribution in [0.3, 0.4) is 0 Å². The normalized spacial score (nSPS) is 24.8. The number of aromatic nitrogens is 1. The van der Waals surface area contributed by atoms with Gasteiger partial charge in [0.15, 0.2) is 0 Å². The van der Waals surface area contributed by atoms with Crippen LogP contribution in [0.2, 0.25) is 0 Å². The third-order valence-corrected chi connectivity index (χ3v) is 3.70. The third kappa shape index (κ3) is 3.53. The molecule has 18 heavy (non-hydrogen) atoms. The molecule has 0 amide bonds. The van der Waals surface area contributed by atoms with E-state index in [9.17, 15) is 0 Å². The lowest BCUT2D eigenvalue weighted by molar-refractivity contribution is 0.171. The van der Waals surface area contributed by atoms with E-state index < -0.39 is 0 Å². The molecule has 3 heteroatoms. The molecule has 0 aliphatic carbocycles. The van der Waals surface area contributed by atoms with Gasteiger partial charge in [-0.05, 0) is 52.8 Å². The van der Waals surface area contributed by atoms with Crippen molar-refractivity contribution in [2.45, 2.75) is 52.2 Å². The molecule has 1 aromatic heterocycles. The second-order valence-electron chi connectivity index (χ2n) is 6.12. The summed E-state index contributed by atoms with van der Waals surface area (Å²) in [6.45, 7) is 12.1. The molecule has 3 nitrogen and oxygen atoms in total. The maximum atomic E-state index is 4.62. The van der Waals surface area contributed by atoms with E-state index >= 15 is 0 Å². The number of nitrogens with zero attached hydrogens (tertiary/aromatic N) is 2. The van der Waals surface area contributed by atoms with E-state index in [-0.39, 0.29) is 5.54 Å². The average Bonchev–Trinajstić information content (AvgIpc) is 2.38. The molecule has 1 aliphatic heterocycles. The number of hydrogen-bond donors (Lipinski definition) is 1. The molecule has 100 valence electrons. The Bertz CT molecular complexity index is 400. The van der Waals surface area contributed by atoms with Crippen molar-refractivity contribution in [3.63, 3.8) is 0 Å². The van der Waals surface area contributed by atoms with Crippen molar-refractivity contribution >= 4 is 0 Å².